The highest BCUT2D eigenvalue weighted by Gasteiger charge is 2.59. The zero-order valence-electron chi connectivity index (χ0n) is 42.7. The van der Waals surface area contributed by atoms with Crippen LogP contribution in [0.15, 0.2) is 11.6 Å². The van der Waals surface area contributed by atoms with E-state index < -0.39 is 38.4 Å². The lowest BCUT2D eigenvalue weighted by molar-refractivity contribution is -0.870. The SMILES string of the molecule is CCCCCCCCCCCCCC(=O)OC(COC(=O)CCC(=O)OC1CC[C@]2(C)C(=CC[C@@H]3[C@H]4CC[C@@H]([C@@H](C)CCCC(C)C)[C@]4(C)CC[C@H]32)C1)COP(=O)(O)OCC[N+](C)(C)C. The van der Waals surface area contributed by atoms with Crippen molar-refractivity contribution in [3.05, 3.63) is 11.6 Å². The zero-order chi connectivity index (χ0) is 47.7. The molecule has 3 unspecified atom stereocenters. The number of fused-ring (bicyclic) bond motifs is 5. The molecule has 12 heteroatoms. The van der Waals surface area contributed by atoms with Crippen LogP contribution in [-0.4, -0.2) is 87.0 Å². The average molecular weight is 937 g/mol. The first-order valence-corrected chi connectivity index (χ1v) is 27.9. The van der Waals surface area contributed by atoms with Crippen molar-refractivity contribution in [2.75, 3.05) is 47.5 Å². The van der Waals surface area contributed by atoms with E-state index in [-0.39, 0.29) is 44.0 Å². The van der Waals surface area contributed by atoms with Crippen molar-refractivity contribution in [2.24, 2.45) is 46.3 Å². The van der Waals surface area contributed by atoms with Crippen LogP contribution in [-0.2, 0) is 42.2 Å². The summed E-state index contributed by atoms with van der Waals surface area (Å²) in [4.78, 5) is 49.1. The van der Waals surface area contributed by atoms with Gasteiger partial charge in [-0.1, -0.05) is 137 Å². The van der Waals surface area contributed by atoms with Crippen LogP contribution in [0.25, 0.3) is 0 Å². The molecule has 3 saturated carbocycles. The normalized spacial score (nSPS) is 28.3. The highest BCUT2D eigenvalue weighted by atomic mass is 31.2. The average Bonchev–Trinajstić information content (AvgIpc) is 3.59. The summed E-state index contributed by atoms with van der Waals surface area (Å²) in [6, 6.07) is 0. The van der Waals surface area contributed by atoms with Gasteiger partial charge in [-0.3, -0.25) is 23.4 Å². The molecule has 0 amide bonds. The first kappa shape index (κ1) is 55.8. The van der Waals surface area contributed by atoms with Crippen molar-refractivity contribution in [1.82, 2.24) is 0 Å². The van der Waals surface area contributed by atoms with Crippen molar-refractivity contribution in [1.29, 1.82) is 0 Å². The number of esters is 3. The van der Waals surface area contributed by atoms with Crippen LogP contribution in [0.1, 0.15) is 202 Å². The highest BCUT2D eigenvalue weighted by Crippen LogP contribution is 2.67. The number of likely N-dealkylation sites (N-methyl/N-ethyl adjacent to an activating group) is 1. The first-order valence-electron chi connectivity index (χ1n) is 26.4. The minimum absolute atomic E-state index is 0.0108. The van der Waals surface area contributed by atoms with Crippen LogP contribution in [0.2, 0.25) is 0 Å². The summed E-state index contributed by atoms with van der Waals surface area (Å²) in [7, 11) is 1.34. The number of quaternary nitrogens is 1. The second-order valence-electron chi connectivity index (χ2n) is 22.8. The molecule has 0 spiro atoms. The number of hydrogen-bond acceptors (Lipinski definition) is 9. The zero-order valence-corrected chi connectivity index (χ0v) is 43.6. The summed E-state index contributed by atoms with van der Waals surface area (Å²) < 4.78 is 40.5. The number of phosphoric acid groups is 1. The van der Waals surface area contributed by atoms with Gasteiger partial charge in [-0.15, -0.1) is 0 Å². The van der Waals surface area contributed by atoms with E-state index >= 15 is 0 Å². The molecule has 65 heavy (non-hydrogen) atoms. The quantitative estimate of drug-likeness (QED) is 0.0179. The number of carbonyl (C=O) groups excluding carboxylic acids is 3. The Morgan fingerprint density at radius 3 is 2.09 bits per heavy atom. The molecule has 4 aliphatic carbocycles. The highest BCUT2D eigenvalue weighted by molar-refractivity contribution is 7.47. The number of phosphoric ester groups is 1. The van der Waals surface area contributed by atoms with E-state index in [2.05, 4.69) is 47.6 Å². The fraction of sp³-hybridized carbons (Fsp3) is 0.906. The Balaban J connectivity index is 1.21. The lowest BCUT2D eigenvalue weighted by Crippen LogP contribution is -2.51. The van der Waals surface area contributed by atoms with Crippen LogP contribution in [0.3, 0.4) is 0 Å². The van der Waals surface area contributed by atoms with Crippen LogP contribution < -0.4 is 0 Å². The summed E-state index contributed by atoms with van der Waals surface area (Å²) in [5, 5.41) is 0. The molecule has 0 aromatic heterocycles. The van der Waals surface area contributed by atoms with Crippen LogP contribution in [0.5, 0.6) is 0 Å². The summed E-state index contributed by atoms with van der Waals surface area (Å²) in [6.45, 7) is 14.2. The summed E-state index contributed by atoms with van der Waals surface area (Å²) in [6.07, 6.45) is 26.9. The molecule has 0 aromatic carbocycles. The van der Waals surface area contributed by atoms with Gasteiger partial charge in [0.2, 0.25) is 0 Å². The molecule has 1 N–H and O–H groups in total. The molecule has 4 aliphatic rings. The van der Waals surface area contributed by atoms with E-state index in [1.165, 1.54) is 95.5 Å². The molecule has 0 aliphatic heterocycles. The summed E-state index contributed by atoms with van der Waals surface area (Å²) in [5.41, 5.74) is 2.05. The molecule has 11 nitrogen and oxygen atoms in total. The van der Waals surface area contributed by atoms with Crippen molar-refractivity contribution in [2.45, 2.75) is 214 Å². The Bertz CT molecular complexity index is 1540. The smallest absolute Gasteiger partial charge is 0.462 e. The van der Waals surface area contributed by atoms with Gasteiger partial charge in [-0.25, -0.2) is 4.57 Å². The van der Waals surface area contributed by atoms with Crippen molar-refractivity contribution in [3.63, 3.8) is 0 Å². The van der Waals surface area contributed by atoms with Gasteiger partial charge in [0.15, 0.2) is 6.10 Å². The van der Waals surface area contributed by atoms with Gasteiger partial charge in [-0.2, -0.15) is 0 Å². The maximum absolute atomic E-state index is 13.1. The molecule has 0 saturated heterocycles. The maximum atomic E-state index is 13.1. The molecule has 4 rings (SSSR count). The van der Waals surface area contributed by atoms with Crippen molar-refractivity contribution in [3.8, 4) is 0 Å². The minimum Gasteiger partial charge on any atom is -0.462 e. The molecule has 0 radical (unpaired) electrons. The number of allylic oxidation sites excluding steroid dienone is 1. The number of nitrogens with zero attached hydrogens (tertiary/aromatic N) is 1. The molecule has 0 aromatic rings. The number of unbranched alkanes of at least 4 members (excludes halogenated alkanes) is 10. The molecular formula is C53H95NO10P+. The lowest BCUT2D eigenvalue weighted by atomic mass is 9.47. The maximum Gasteiger partial charge on any atom is 0.472 e. The van der Waals surface area contributed by atoms with Crippen molar-refractivity contribution >= 4 is 25.7 Å². The fourth-order valence-electron chi connectivity index (χ4n) is 12.4. The second kappa shape index (κ2) is 26.8. The fourth-order valence-corrected chi connectivity index (χ4v) is 13.1. The summed E-state index contributed by atoms with van der Waals surface area (Å²) in [5.74, 6) is 3.06. The third-order valence-electron chi connectivity index (χ3n) is 16.2. The first-order chi connectivity index (χ1) is 30.8. The summed E-state index contributed by atoms with van der Waals surface area (Å²) >= 11 is 0. The van der Waals surface area contributed by atoms with Crippen LogP contribution in [0.4, 0.5) is 0 Å². The number of rotatable bonds is 31. The Labute approximate surface area is 395 Å². The molecular weight excluding hydrogens is 842 g/mol. The predicted molar refractivity (Wildman–Crippen MR) is 259 cm³/mol. The monoisotopic (exact) mass is 937 g/mol. The number of carbonyl (C=O) groups is 3. The number of hydrogen-bond donors (Lipinski definition) is 1. The van der Waals surface area contributed by atoms with E-state index in [1.807, 2.05) is 21.1 Å². The predicted octanol–water partition coefficient (Wildman–Crippen LogP) is 12.7. The Morgan fingerprint density at radius 1 is 0.769 bits per heavy atom. The van der Waals surface area contributed by atoms with Gasteiger partial charge in [0.25, 0.3) is 0 Å². The third kappa shape index (κ3) is 18.2. The van der Waals surface area contributed by atoms with E-state index in [1.54, 1.807) is 0 Å². The van der Waals surface area contributed by atoms with Gasteiger partial charge in [0.05, 0.1) is 40.6 Å². The van der Waals surface area contributed by atoms with Gasteiger partial charge < -0.3 is 23.6 Å². The molecule has 10 atom stereocenters. The molecule has 0 heterocycles. The second-order valence-corrected chi connectivity index (χ2v) is 24.3. The number of ether oxygens (including phenoxy) is 3. The van der Waals surface area contributed by atoms with Gasteiger partial charge in [0.1, 0.15) is 25.9 Å². The van der Waals surface area contributed by atoms with Crippen LogP contribution >= 0.6 is 7.82 Å². The Morgan fingerprint density at radius 2 is 1.43 bits per heavy atom. The van der Waals surface area contributed by atoms with E-state index in [0.717, 1.165) is 74.5 Å². The Kier molecular flexibility index (Phi) is 23.0. The molecule has 376 valence electrons. The van der Waals surface area contributed by atoms with E-state index in [9.17, 15) is 23.8 Å². The standard InChI is InChI=1S/C53H94NO10P/c1-10-11-12-13-14-15-16-17-18-19-20-24-50(56)64-44(39-62-65(58,59)61-36-35-54(7,8)9)38-60-49(55)29-30-51(57)63-43-31-33-52(5)42(37-43)25-26-45-47-28-27-46(41(4)23-21-22-40(2)3)53(47,6)34-32-48(45)52/h25,40-41,43-48H,10-24,26-39H2,1-9H3/p+1/t41-,43?,44?,45+,46-,47+,48+,52+,53-/m0/s1. The van der Waals surface area contributed by atoms with Gasteiger partial charge in [0, 0.05) is 12.8 Å². The van der Waals surface area contributed by atoms with Gasteiger partial charge in [-0.05, 0) is 97.7 Å². The van der Waals surface area contributed by atoms with Crippen molar-refractivity contribution < 1.29 is 51.6 Å². The Hall–Kier alpha value is -1.78. The largest absolute Gasteiger partial charge is 0.472 e. The third-order valence-corrected chi connectivity index (χ3v) is 17.2. The topological polar surface area (TPSA) is 135 Å². The van der Waals surface area contributed by atoms with Crippen LogP contribution in [0, 0.1) is 46.3 Å². The van der Waals surface area contributed by atoms with E-state index in [0.29, 0.717) is 28.8 Å². The molecule has 3 fully saturated rings. The minimum atomic E-state index is -4.46. The van der Waals surface area contributed by atoms with E-state index in [4.69, 9.17) is 23.3 Å². The lowest BCUT2D eigenvalue weighted by Gasteiger charge is -2.58. The van der Waals surface area contributed by atoms with Gasteiger partial charge >= 0.3 is 25.7 Å². The molecule has 0 bridgehead atoms.